The molecule has 0 radical (unpaired) electrons. The molecule has 2 fully saturated rings. The summed E-state index contributed by atoms with van der Waals surface area (Å²) >= 11 is 0. The lowest BCUT2D eigenvalue weighted by molar-refractivity contribution is 0.295. The largest absolute Gasteiger partial charge is 0.314 e. The third-order valence-corrected chi connectivity index (χ3v) is 2.85. The lowest BCUT2D eigenvalue weighted by Gasteiger charge is -2.29. The fraction of sp³-hybridized carbons (Fsp3) is 1.00. The number of nitrogens with one attached hydrogen (secondary N) is 2. The molecule has 0 aromatic rings. The average Bonchev–Trinajstić information content (AvgIpc) is 2.75. The maximum atomic E-state index is 3.53. The van der Waals surface area contributed by atoms with Gasteiger partial charge in [-0.3, -0.25) is 0 Å². The van der Waals surface area contributed by atoms with E-state index in [4.69, 9.17) is 0 Å². The van der Waals surface area contributed by atoms with Crippen LogP contribution in [0.4, 0.5) is 0 Å². The van der Waals surface area contributed by atoms with Gasteiger partial charge in [-0.05, 0) is 19.9 Å². The van der Waals surface area contributed by atoms with Crippen molar-refractivity contribution in [2.24, 2.45) is 0 Å². The van der Waals surface area contributed by atoms with Crippen molar-refractivity contribution in [2.75, 3.05) is 33.2 Å². The van der Waals surface area contributed by atoms with Crippen molar-refractivity contribution in [2.45, 2.75) is 24.9 Å². The van der Waals surface area contributed by atoms with Crippen LogP contribution in [0.3, 0.4) is 0 Å². The van der Waals surface area contributed by atoms with Gasteiger partial charge in [0.25, 0.3) is 0 Å². The molecular weight excluding hydrogens is 150 g/mol. The second kappa shape index (κ2) is 3.73. The van der Waals surface area contributed by atoms with Crippen molar-refractivity contribution in [3.63, 3.8) is 0 Å². The van der Waals surface area contributed by atoms with Crippen LogP contribution in [0.25, 0.3) is 0 Å². The maximum absolute atomic E-state index is 3.53. The molecule has 1 saturated heterocycles. The first-order valence-electron chi connectivity index (χ1n) is 5.00. The summed E-state index contributed by atoms with van der Waals surface area (Å²) in [4.78, 5) is 2.47. The van der Waals surface area contributed by atoms with Gasteiger partial charge in [-0.15, -0.1) is 0 Å². The third-order valence-electron chi connectivity index (χ3n) is 2.85. The van der Waals surface area contributed by atoms with Crippen LogP contribution in [-0.4, -0.2) is 50.2 Å². The summed E-state index contributed by atoms with van der Waals surface area (Å²) in [6.07, 6.45) is 2.84. The monoisotopic (exact) mass is 169 g/mol. The molecule has 0 unspecified atom stereocenters. The Morgan fingerprint density at radius 2 is 2.17 bits per heavy atom. The van der Waals surface area contributed by atoms with Crippen LogP contribution < -0.4 is 10.6 Å². The van der Waals surface area contributed by atoms with Gasteiger partial charge in [0.1, 0.15) is 0 Å². The molecular formula is C9H19N3. The molecule has 1 heterocycles. The summed E-state index contributed by atoms with van der Waals surface area (Å²) in [6.45, 7) is 4.68. The molecule has 0 aromatic carbocycles. The zero-order valence-electron chi connectivity index (χ0n) is 7.84. The molecule has 0 spiro atoms. The Hall–Kier alpha value is -0.120. The van der Waals surface area contributed by atoms with Gasteiger partial charge in [0.15, 0.2) is 0 Å². The fourth-order valence-electron chi connectivity index (χ4n) is 1.58. The lowest BCUT2D eigenvalue weighted by Crippen LogP contribution is -2.56. The van der Waals surface area contributed by atoms with Gasteiger partial charge in [0.05, 0.1) is 0 Å². The minimum atomic E-state index is 0.748. The van der Waals surface area contributed by atoms with E-state index in [0.717, 1.165) is 31.7 Å². The molecule has 0 aromatic heterocycles. The van der Waals surface area contributed by atoms with Crippen molar-refractivity contribution < 1.29 is 0 Å². The zero-order chi connectivity index (χ0) is 8.39. The Bertz CT molecular complexity index is 141. The van der Waals surface area contributed by atoms with Crippen LogP contribution in [0.2, 0.25) is 0 Å². The summed E-state index contributed by atoms with van der Waals surface area (Å²) in [5.74, 6) is 0. The summed E-state index contributed by atoms with van der Waals surface area (Å²) in [7, 11) is 2.23. The predicted octanol–water partition coefficient (Wildman–Crippen LogP) is -0.358. The van der Waals surface area contributed by atoms with E-state index >= 15 is 0 Å². The molecule has 2 N–H and O–H groups in total. The topological polar surface area (TPSA) is 27.3 Å². The quantitative estimate of drug-likeness (QED) is 0.588. The molecule has 70 valence electrons. The van der Waals surface area contributed by atoms with Crippen molar-refractivity contribution in [3.8, 4) is 0 Å². The number of rotatable bonds is 5. The van der Waals surface area contributed by atoms with Gasteiger partial charge in [-0.2, -0.15) is 0 Å². The van der Waals surface area contributed by atoms with E-state index in [9.17, 15) is 0 Å². The number of hydrogen-bond acceptors (Lipinski definition) is 3. The van der Waals surface area contributed by atoms with Crippen molar-refractivity contribution in [1.29, 1.82) is 0 Å². The summed E-state index contributed by atoms with van der Waals surface area (Å²) < 4.78 is 0. The first-order valence-corrected chi connectivity index (χ1v) is 5.00. The molecule has 0 atom stereocenters. The zero-order valence-corrected chi connectivity index (χ0v) is 7.84. The van der Waals surface area contributed by atoms with Crippen LogP contribution in [0.1, 0.15) is 12.8 Å². The number of nitrogens with zero attached hydrogens (tertiary/aromatic N) is 1. The highest BCUT2D eigenvalue weighted by Gasteiger charge is 2.25. The first-order chi connectivity index (χ1) is 5.86. The Labute approximate surface area is 74.5 Å². The van der Waals surface area contributed by atoms with E-state index in [0.29, 0.717) is 0 Å². The summed E-state index contributed by atoms with van der Waals surface area (Å²) in [6, 6.07) is 1.66. The van der Waals surface area contributed by atoms with Crippen LogP contribution in [0.5, 0.6) is 0 Å². The predicted molar refractivity (Wildman–Crippen MR) is 50.3 cm³/mol. The van der Waals surface area contributed by atoms with Crippen molar-refractivity contribution >= 4 is 0 Å². The summed E-state index contributed by atoms with van der Waals surface area (Å²) in [5, 5.41) is 6.79. The molecule has 0 bridgehead atoms. The molecule has 1 saturated carbocycles. The molecule has 1 aliphatic carbocycles. The smallest absolute Gasteiger partial charge is 0.0318 e. The van der Waals surface area contributed by atoms with E-state index in [1.165, 1.54) is 19.4 Å². The highest BCUT2D eigenvalue weighted by atomic mass is 15.2. The van der Waals surface area contributed by atoms with Crippen LogP contribution in [-0.2, 0) is 0 Å². The third kappa shape index (κ3) is 2.19. The molecule has 3 nitrogen and oxygen atoms in total. The van der Waals surface area contributed by atoms with Crippen molar-refractivity contribution in [3.05, 3.63) is 0 Å². The van der Waals surface area contributed by atoms with E-state index in [1.807, 2.05) is 0 Å². The van der Waals surface area contributed by atoms with Crippen LogP contribution in [0.15, 0.2) is 0 Å². The highest BCUT2D eigenvalue weighted by Crippen LogP contribution is 2.24. The van der Waals surface area contributed by atoms with E-state index in [-0.39, 0.29) is 0 Å². The SMILES string of the molecule is CN(CCNC1CNC1)C1CC1. The lowest BCUT2D eigenvalue weighted by atomic mass is 10.2. The van der Waals surface area contributed by atoms with Crippen LogP contribution >= 0.6 is 0 Å². The van der Waals surface area contributed by atoms with Gasteiger partial charge < -0.3 is 15.5 Å². The van der Waals surface area contributed by atoms with Gasteiger partial charge >= 0.3 is 0 Å². The maximum Gasteiger partial charge on any atom is 0.0318 e. The standard InChI is InChI=1S/C9H19N3/c1-12(9-2-3-9)5-4-11-8-6-10-7-8/h8-11H,2-7H2,1H3. The summed E-state index contributed by atoms with van der Waals surface area (Å²) in [5.41, 5.74) is 0. The Morgan fingerprint density at radius 1 is 1.42 bits per heavy atom. The van der Waals surface area contributed by atoms with Crippen molar-refractivity contribution in [1.82, 2.24) is 15.5 Å². The second-order valence-electron chi connectivity index (χ2n) is 4.02. The Balaban J connectivity index is 1.49. The Morgan fingerprint density at radius 3 is 2.67 bits per heavy atom. The first kappa shape index (κ1) is 8.48. The minimum absolute atomic E-state index is 0.748. The molecule has 0 amide bonds. The van der Waals surface area contributed by atoms with Gasteiger partial charge in [0.2, 0.25) is 0 Å². The molecule has 3 heteroatoms. The fourth-order valence-corrected chi connectivity index (χ4v) is 1.58. The van der Waals surface area contributed by atoms with E-state index in [2.05, 4.69) is 22.6 Å². The van der Waals surface area contributed by atoms with Crippen LogP contribution in [0, 0.1) is 0 Å². The van der Waals surface area contributed by atoms with Gasteiger partial charge in [-0.1, -0.05) is 0 Å². The Kier molecular flexibility index (Phi) is 2.63. The average molecular weight is 169 g/mol. The second-order valence-corrected chi connectivity index (χ2v) is 4.02. The van der Waals surface area contributed by atoms with Gasteiger partial charge in [0, 0.05) is 38.3 Å². The van der Waals surface area contributed by atoms with E-state index < -0.39 is 0 Å². The molecule has 1 aliphatic heterocycles. The van der Waals surface area contributed by atoms with E-state index in [1.54, 1.807) is 0 Å². The van der Waals surface area contributed by atoms with Gasteiger partial charge in [-0.25, -0.2) is 0 Å². The molecule has 12 heavy (non-hydrogen) atoms. The minimum Gasteiger partial charge on any atom is -0.314 e. The number of hydrogen-bond donors (Lipinski definition) is 2. The number of likely N-dealkylation sites (N-methyl/N-ethyl adjacent to an activating group) is 1. The molecule has 2 rings (SSSR count). The molecule has 2 aliphatic rings. The normalized spacial score (nSPS) is 24.5. The highest BCUT2D eigenvalue weighted by molar-refractivity contribution is 4.84.